The van der Waals surface area contributed by atoms with Gasteiger partial charge in [0, 0.05) is 13.1 Å². The second-order valence-electron chi connectivity index (χ2n) is 6.59. The Labute approximate surface area is 174 Å². The van der Waals surface area contributed by atoms with Gasteiger partial charge in [0.2, 0.25) is 10.0 Å². The van der Waals surface area contributed by atoms with Crippen molar-refractivity contribution in [3.05, 3.63) is 89.5 Å². The number of nitrogens with zero attached hydrogens (tertiary/aromatic N) is 1. The number of rotatable bonds is 8. The van der Waals surface area contributed by atoms with Crippen molar-refractivity contribution >= 4 is 16.0 Å². The molecule has 0 bridgehead atoms. The van der Waals surface area contributed by atoms with Gasteiger partial charge < -0.3 is 14.9 Å². The first kappa shape index (κ1) is 21.4. The molecule has 3 aromatic carbocycles. The Kier molecular flexibility index (Phi) is 6.39. The number of carbonyl (C=O) groups is 1. The fourth-order valence-electron chi connectivity index (χ4n) is 2.95. The standard InChI is InChI=1S/C22H21NO6S/c1-29-21-13-17(9-12-20(21)24)15-23(30(27,28)19-5-3-2-4-6-19)14-16-7-10-18(11-8-16)22(25)26/h2-13,24H,14-15H2,1H3,(H,25,26). The van der Waals surface area contributed by atoms with Crippen molar-refractivity contribution in [3.8, 4) is 11.5 Å². The molecule has 0 aromatic heterocycles. The molecule has 156 valence electrons. The number of methoxy groups -OCH3 is 1. The van der Waals surface area contributed by atoms with Crippen LogP contribution in [0.4, 0.5) is 0 Å². The van der Waals surface area contributed by atoms with Crippen LogP contribution in [-0.2, 0) is 23.1 Å². The molecule has 2 N–H and O–H groups in total. The van der Waals surface area contributed by atoms with E-state index in [0.717, 1.165) is 0 Å². The minimum Gasteiger partial charge on any atom is -0.504 e. The molecule has 0 heterocycles. The lowest BCUT2D eigenvalue weighted by Gasteiger charge is -2.23. The second kappa shape index (κ2) is 8.98. The molecule has 0 saturated carbocycles. The Hall–Kier alpha value is -3.36. The number of ether oxygens (including phenoxy) is 1. The van der Waals surface area contributed by atoms with Crippen LogP contribution in [0.3, 0.4) is 0 Å². The number of aromatic hydroxyl groups is 1. The van der Waals surface area contributed by atoms with Gasteiger partial charge in [0.15, 0.2) is 11.5 Å². The van der Waals surface area contributed by atoms with Crippen LogP contribution in [0.15, 0.2) is 77.7 Å². The van der Waals surface area contributed by atoms with Crippen LogP contribution >= 0.6 is 0 Å². The third kappa shape index (κ3) is 4.79. The van der Waals surface area contributed by atoms with Gasteiger partial charge in [-0.2, -0.15) is 4.31 Å². The molecule has 0 saturated heterocycles. The number of phenols is 1. The van der Waals surface area contributed by atoms with Crippen molar-refractivity contribution in [1.82, 2.24) is 4.31 Å². The number of carboxylic acid groups (broad SMARTS) is 1. The number of sulfonamides is 1. The largest absolute Gasteiger partial charge is 0.504 e. The third-order valence-corrected chi connectivity index (χ3v) is 6.35. The van der Waals surface area contributed by atoms with Gasteiger partial charge in [-0.25, -0.2) is 13.2 Å². The van der Waals surface area contributed by atoms with Crippen LogP contribution in [0.5, 0.6) is 11.5 Å². The highest BCUT2D eigenvalue weighted by Gasteiger charge is 2.25. The Balaban J connectivity index is 1.97. The van der Waals surface area contributed by atoms with Gasteiger partial charge in [0.05, 0.1) is 17.6 Å². The maximum absolute atomic E-state index is 13.3. The van der Waals surface area contributed by atoms with Gasteiger partial charge in [-0.05, 0) is 47.5 Å². The number of carboxylic acids is 1. The summed E-state index contributed by atoms with van der Waals surface area (Å²) in [5.41, 5.74) is 1.40. The highest BCUT2D eigenvalue weighted by Crippen LogP contribution is 2.28. The molecule has 0 spiro atoms. The number of aromatic carboxylic acids is 1. The second-order valence-corrected chi connectivity index (χ2v) is 8.53. The van der Waals surface area contributed by atoms with E-state index >= 15 is 0 Å². The average molecular weight is 427 g/mol. The van der Waals surface area contributed by atoms with Gasteiger partial charge in [-0.1, -0.05) is 36.4 Å². The van der Waals surface area contributed by atoms with Crippen molar-refractivity contribution in [3.63, 3.8) is 0 Å². The molecule has 0 unspecified atom stereocenters. The number of hydrogen-bond donors (Lipinski definition) is 2. The van der Waals surface area contributed by atoms with Crippen LogP contribution in [0.2, 0.25) is 0 Å². The molecule has 3 rings (SSSR count). The smallest absolute Gasteiger partial charge is 0.335 e. The topological polar surface area (TPSA) is 104 Å². The molecular formula is C22H21NO6S. The maximum Gasteiger partial charge on any atom is 0.335 e. The van der Waals surface area contributed by atoms with Crippen LogP contribution in [0, 0.1) is 0 Å². The third-order valence-electron chi connectivity index (χ3n) is 4.54. The van der Waals surface area contributed by atoms with Gasteiger partial charge >= 0.3 is 5.97 Å². The summed E-state index contributed by atoms with van der Waals surface area (Å²) < 4.78 is 33.0. The monoisotopic (exact) mass is 427 g/mol. The SMILES string of the molecule is COc1cc(CN(Cc2ccc(C(=O)O)cc2)S(=O)(=O)c2ccccc2)ccc1O. The summed E-state index contributed by atoms with van der Waals surface area (Å²) in [5.74, 6) is -0.843. The summed E-state index contributed by atoms with van der Waals surface area (Å²) in [4.78, 5) is 11.2. The Morgan fingerprint density at radius 3 is 2.13 bits per heavy atom. The molecule has 0 aliphatic carbocycles. The Bertz CT molecular complexity index is 1130. The van der Waals surface area contributed by atoms with Gasteiger partial charge in [-0.3, -0.25) is 0 Å². The maximum atomic E-state index is 13.3. The van der Waals surface area contributed by atoms with Gasteiger partial charge in [0.1, 0.15) is 0 Å². The Morgan fingerprint density at radius 2 is 1.53 bits per heavy atom. The van der Waals surface area contributed by atoms with E-state index in [9.17, 15) is 18.3 Å². The molecule has 30 heavy (non-hydrogen) atoms. The average Bonchev–Trinajstić information content (AvgIpc) is 2.75. The van der Waals surface area contributed by atoms with E-state index in [-0.39, 0.29) is 35.0 Å². The van der Waals surface area contributed by atoms with Crippen LogP contribution in [0.1, 0.15) is 21.5 Å². The molecule has 3 aromatic rings. The summed E-state index contributed by atoms with van der Waals surface area (Å²) in [5, 5.41) is 18.9. The van der Waals surface area contributed by atoms with Crippen molar-refractivity contribution in [2.75, 3.05) is 7.11 Å². The van der Waals surface area contributed by atoms with Crippen LogP contribution < -0.4 is 4.74 Å². The van der Waals surface area contributed by atoms with Crippen molar-refractivity contribution in [1.29, 1.82) is 0 Å². The lowest BCUT2D eigenvalue weighted by molar-refractivity contribution is 0.0697. The van der Waals surface area contributed by atoms with E-state index in [1.54, 1.807) is 42.5 Å². The first-order chi connectivity index (χ1) is 14.3. The highest BCUT2D eigenvalue weighted by atomic mass is 32.2. The highest BCUT2D eigenvalue weighted by molar-refractivity contribution is 7.89. The normalized spacial score (nSPS) is 11.4. The number of benzene rings is 3. The van der Waals surface area contributed by atoms with Gasteiger partial charge in [0.25, 0.3) is 0 Å². The molecule has 0 aliphatic rings. The lowest BCUT2D eigenvalue weighted by Crippen LogP contribution is -2.30. The summed E-state index contributed by atoms with van der Waals surface area (Å²) >= 11 is 0. The predicted octanol–water partition coefficient (Wildman–Crippen LogP) is 3.49. The minimum absolute atomic E-state index is 0.0363. The van der Waals surface area contributed by atoms with Crippen LogP contribution in [-0.4, -0.2) is 36.0 Å². The van der Waals surface area contributed by atoms with Crippen molar-refractivity contribution < 1.29 is 28.2 Å². The molecule has 0 fully saturated rings. The zero-order chi connectivity index (χ0) is 21.7. The van der Waals surface area contributed by atoms with Gasteiger partial charge in [-0.15, -0.1) is 0 Å². The van der Waals surface area contributed by atoms with Crippen LogP contribution in [0.25, 0.3) is 0 Å². The fraction of sp³-hybridized carbons (Fsp3) is 0.136. The molecule has 7 nitrogen and oxygen atoms in total. The molecule has 0 amide bonds. The first-order valence-electron chi connectivity index (χ1n) is 9.04. The number of phenolic OH excluding ortho intramolecular Hbond substituents is 1. The molecular weight excluding hydrogens is 406 g/mol. The zero-order valence-corrected chi connectivity index (χ0v) is 17.0. The van der Waals surface area contributed by atoms with E-state index in [2.05, 4.69) is 0 Å². The quantitative estimate of drug-likeness (QED) is 0.570. The first-order valence-corrected chi connectivity index (χ1v) is 10.5. The summed E-state index contributed by atoms with van der Waals surface area (Å²) in [6, 6.07) is 18.8. The van der Waals surface area contributed by atoms with E-state index in [1.807, 2.05) is 0 Å². The van der Waals surface area contributed by atoms with E-state index in [4.69, 9.17) is 9.84 Å². The summed E-state index contributed by atoms with van der Waals surface area (Å²) in [6.07, 6.45) is 0. The van der Waals surface area contributed by atoms with Crippen molar-refractivity contribution in [2.24, 2.45) is 0 Å². The van der Waals surface area contributed by atoms with E-state index < -0.39 is 16.0 Å². The Morgan fingerprint density at radius 1 is 0.933 bits per heavy atom. The predicted molar refractivity (Wildman–Crippen MR) is 111 cm³/mol. The molecule has 0 atom stereocenters. The van der Waals surface area contributed by atoms with E-state index in [0.29, 0.717) is 11.1 Å². The summed E-state index contributed by atoms with van der Waals surface area (Å²) in [6.45, 7) is 0.0782. The van der Waals surface area contributed by atoms with Crippen molar-refractivity contribution in [2.45, 2.75) is 18.0 Å². The minimum atomic E-state index is -3.84. The lowest BCUT2D eigenvalue weighted by atomic mass is 10.1. The zero-order valence-electron chi connectivity index (χ0n) is 16.2. The fourth-order valence-corrected chi connectivity index (χ4v) is 4.39. The number of hydrogen-bond acceptors (Lipinski definition) is 5. The molecule has 8 heteroatoms. The summed E-state index contributed by atoms with van der Waals surface area (Å²) in [7, 11) is -2.42. The molecule has 0 aliphatic heterocycles. The van der Waals surface area contributed by atoms with E-state index in [1.165, 1.54) is 41.7 Å². The molecule has 0 radical (unpaired) electrons.